The van der Waals surface area contributed by atoms with Crippen LogP contribution in [0.25, 0.3) is 22.0 Å². The van der Waals surface area contributed by atoms with Gasteiger partial charge in [-0.3, -0.25) is 4.79 Å². The lowest BCUT2D eigenvalue weighted by Gasteiger charge is -2.31. The van der Waals surface area contributed by atoms with Crippen molar-refractivity contribution in [3.8, 4) is 16.9 Å². The fraction of sp³-hybridized carbons (Fsp3) is 0.323. The first-order valence-electron chi connectivity index (χ1n) is 13.4. The molecule has 2 heterocycles. The van der Waals surface area contributed by atoms with E-state index in [-0.39, 0.29) is 24.0 Å². The van der Waals surface area contributed by atoms with Gasteiger partial charge >= 0.3 is 0 Å². The van der Waals surface area contributed by atoms with Gasteiger partial charge in [-0.25, -0.2) is 12.7 Å². The Balaban J connectivity index is 1.26. The summed E-state index contributed by atoms with van der Waals surface area (Å²) >= 11 is 0. The van der Waals surface area contributed by atoms with Gasteiger partial charge in [0.25, 0.3) is 0 Å². The molecule has 0 saturated carbocycles. The fourth-order valence-electron chi connectivity index (χ4n) is 5.43. The lowest BCUT2D eigenvalue weighted by molar-refractivity contribution is -0.117. The molecule has 0 radical (unpaired) electrons. The van der Waals surface area contributed by atoms with Gasteiger partial charge in [0.15, 0.2) is 0 Å². The number of hydrogen-bond donors (Lipinski definition) is 2. The van der Waals surface area contributed by atoms with Gasteiger partial charge in [0, 0.05) is 30.2 Å². The molecule has 4 aromatic rings. The van der Waals surface area contributed by atoms with Crippen LogP contribution in [0, 0.1) is 6.92 Å². The molecule has 5 rings (SSSR count). The zero-order valence-electron chi connectivity index (χ0n) is 22.2. The zero-order chi connectivity index (χ0) is 27.4. The Morgan fingerprint density at radius 3 is 2.44 bits per heavy atom. The highest BCUT2D eigenvalue weighted by molar-refractivity contribution is 7.89. The first-order valence-corrected chi connectivity index (χ1v) is 15.1. The minimum absolute atomic E-state index is 0.0769. The molecule has 1 saturated heterocycles. The summed E-state index contributed by atoms with van der Waals surface area (Å²) in [5.74, 6) is 0.683. The molecule has 1 aliphatic rings. The third kappa shape index (κ3) is 6.34. The minimum Gasteiger partial charge on any atom is -0.494 e. The van der Waals surface area contributed by atoms with E-state index in [1.165, 1.54) is 0 Å². The second kappa shape index (κ2) is 11.6. The Kier molecular flexibility index (Phi) is 8.04. The van der Waals surface area contributed by atoms with Crippen LogP contribution in [0.3, 0.4) is 0 Å². The number of aryl methyl sites for hydroxylation is 1. The van der Waals surface area contributed by atoms with Gasteiger partial charge < -0.3 is 15.5 Å². The molecule has 0 aliphatic carbocycles. The third-order valence-corrected chi connectivity index (χ3v) is 9.45. The highest BCUT2D eigenvalue weighted by Gasteiger charge is 2.30. The van der Waals surface area contributed by atoms with Crippen LogP contribution < -0.4 is 10.5 Å². The van der Waals surface area contributed by atoms with E-state index in [1.54, 1.807) is 4.31 Å². The molecule has 1 aromatic heterocycles. The molecule has 0 bridgehead atoms. The number of rotatable bonds is 10. The van der Waals surface area contributed by atoms with Crippen molar-refractivity contribution in [2.75, 3.05) is 25.4 Å². The molecular formula is C31H35N3O4S. The van der Waals surface area contributed by atoms with Crippen molar-refractivity contribution in [2.45, 2.75) is 38.5 Å². The van der Waals surface area contributed by atoms with Gasteiger partial charge in [0.05, 0.1) is 18.8 Å². The second-order valence-electron chi connectivity index (χ2n) is 10.3. The topological polar surface area (TPSA) is 105 Å². The highest BCUT2D eigenvalue weighted by Crippen LogP contribution is 2.37. The molecule has 0 atom stereocenters. The molecule has 8 heteroatoms. The number of aromatic nitrogens is 1. The molecule has 0 unspecified atom stereocenters. The summed E-state index contributed by atoms with van der Waals surface area (Å²) in [6.45, 7) is 3.36. The number of nitrogens with two attached hydrogens (primary N) is 1. The number of ether oxygens (including phenoxy) is 1. The normalized spacial score (nSPS) is 15.0. The molecule has 3 N–H and O–H groups in total. The number of nitrogens with one attached hydrogen (secondary N) is 1. The Morgan fingerprint density at radius 1 is 1.03 bits per heavy atom. The predicted octanol–water partition coefficient (Wildman–Crippen LogP) is 5.15. The summed E-state index contributed by atoms with van der Waals surface area (Å²) in [4.78, 5) is 15.2. The van der Waals surface area contributed by atoms with Crippen LogP contribution in [0.5, 0.6) is 5.75 Å². The van der Waals surface area contributed by atoms with E-state index in [2.05, 4.69) is 23.2 Å². The Labute approximate surface area is 230 Å². The lowest BCUT2D eigenvalue weighted by Crippen LogP contribution is -2.39. The number of sulfonamides is 1. The van der Waals surface area contributed by atoms with Gasteiger partial charge in [0.2, 0.25) is 15.9 Å². The van der Waals surface area contributed by atoms with Crippen molar-refractivity contribution in [1.82, 2.24) is 9.29 Å². The van der Waals surface area contributed by atoms with Crippen LogP contribution in [-0.2, 0) is 21.2 Å². The fourth-order valence-corrected chi connectivity index (χ4v) is 6.94. The largest absolute Gasteiger partial charge is 0.494 e. The molecule has 7 nitrogen and oxygen atoms in total. The molecule has 1 fully saturated rings. The van der Waals surface area contributed by atoms with E-state index >= 15 is 0 Å². The number of hydrogen-bond acceptors (Lipinski definition) is 4. The van der Waals surface area contributed by atoms with E-state index in [0.29, 0.717) is 26.1 Å². The van der Waals surface area contributed by atoms with Crippen molar-refractivity contribution in [3.63, 3.8) is 0 Å². The molecule has 0 spiro atoms. The monoisotopic (exact) mass is 545 g/mol. The van der Waals surface area contributed by atoms with Crippen LogP contribution in [0.4, 0.5) is 0 Å². The number of fused-ring (bicyclic) bond motifs is 1. The van der Waals surface area contributed by atoms with Crippen LogP contribution in [0.15, 0.2) is 72.9 Å². The molecule has 3 aromatic carbocycles. The molecule has 1 aliphatic heterocycles. The number of benzene rings is 3. The van der Waals surface area contributed by atoms with Crippen LogP contribution in [0.2, 0.25) is 0 Å². The highest BCUT2D eigenvalue weighted by atomic mass is 32.2. The Morgan fingerprint density at radius 2 is 1.74 bits per heavy atom. The maximum atomic E-state index is 13.0. The summed E-state index contributed by atoms with van der Waals surface area (Å²) in [7, 11) is -3.35. The van der Waals surface area contributed by atoms with Crippen molar-refractivity contribution in [1.29, 1.82) is 0 Å². The molecule has 204 valence electrons. The van der Waals surface area contributed by atoms with Gasteiger partial charge in [-0.15, -0.1) is 0 Å². The average Bonchev–Trinajstić information content (AvgIpc) is 3.37. The SMILES string of the molecule is Cc1ccc(OCCCS(=O)(=O)N2CCC(c3c[nH]c4c(CC(N)=O)cc(-c5ccccc5)cc34)CC2)cc1. The van der Waals surface area contributed by atoms with Crippen LogP contribution in [-0.4, -0.2) is 49.1 Å². The number of amides is 1. The maximum Gasteiger partial charge on any atom is 0.221 e. The van der Waals surface area contributed by atoms with Crippen molar-refractivity contribution >= 4 is 26.8 Å². The number of aromatic amines is 1. The van der Waals surface area contributed by atoms with E-state index < -0.39 is 10.0 Å². The number of H-pyrrole nitrogens is 1. The van der Waals surface area contributed by atoms with E-state index in [4.69, 9.17) is 10.5 Å². The summed E-state index contributed by atoms with van der Waals surface area (Å²) in [5.41, 5.74) is 11.8. The Hall–Kier alpha value is -3.62. The smallest absolute Gasteiger partial charge is 0.221 e. The van der Waals surface area contributed by atoms with Crippen LogP contribution >= 0.6 is 0 Å². The van der Waals surface area contributed by atoms with E-state index in [1.807, 2.05) is 61.7 Å². The number of nitrogens with zero attached hydrogens (tertiary/aromatic N) is 1. The summed E-state index contributed by atoms with van der Waals surface area (Å²) in [6, 6.07) is 22.0. The minimum atomic E-state index is -3.35. The standard InChI is InChI=1S/C31H35N3O4S/c1-22-8-10-27(11-9-22)38-16-5-17-39(36,37)34-14-12-24(13-15-34)29-21-33-31-26(20-30(32)35)18-25(19-28(29)31)23-6-3-2-4-7-23/h2-4,6-11,18-19,21,24,33H,5,12-17,20H2,1H3,(H2,32,35). The van der Waals surface area contributed by atoms with Crippen molar-refractivity contribution < 1.29 is 17.9 Å². The lowest BCUT2D eigenvalue weighted by atomic mass is 9.88. The zero-order valence-corrected chi connectivity index (χ0v) is 23.0. The first kappa shape index (κ1) is 27.0. The van der Waals surface area contributed by atoms with E-state index in [9.17, 15) is 13.2 Å². The Bertz CT molecular complexity index is 1540. The summed E-state index contributed by atoms with van der Waals surface area (Å²) in [5, 5.41) is 1.07. The summed E-state index contributed by atoms with van der Waals surface area (Å²) in [6.07, 6.45) is 4.10. The van der Waals surface area contributed by atoms with Crippen LogP contribution in [0.1, 0.15) is 41.9 Å². The van der Waals surface area contributed by atoms with E-state index in [0.717, 1.165) is 57.3 Å². The number of primary amides is 1. The van der Waals surface area contributed by atoms with Gasteiger partial charge in [0.1, 0.15) is 5.75 Å². The third-order valence-electron chi connectivity index (χ3n) is 7.50. The second-order valence-corrected chi connectivity index (χ2v) is 12.4. The summed E-state index contributed by atoms with van der Waals surface area (Å²) < 4.78 is 33.4. The van der Waals surface area contributed by atoms with Gasteiger partial charge in [-0.1, -0.05) is 48.0 Å². The first-order chi connectivity index (χ1) is 18.8. The van der Waals surface area contributed by atoms with Crippen molar-refractivity contribution in [3.05, 3.63) is 89.6 Å². The number of carbonyl (C=O) groups is 1. The van der Waals surface area contributed by atoms with Gasteiger partial charge in [-0.2, -0.15) is 0 Å². The predicted molar refractivity (Wildman–Crippen MR) is 155 cm³/mol. The average molecular weight is 546 g/mol. The maximum absolute atomic E-state index is 13.0. The molecule has 1 amide bonds. The molecular weight excluding hydrogens is 510 g/mol. The number of piperidine rings is 1. The number of carbonyl (C=O) groups excluding carboxylic acids is 1. The molecule has 39 heavy (non-hydrogen) atoms. The quantitative estimate of drug-likeness (QED) is 0.269. The van der Waals surface area contributed by atoms with Crippen molar-refractivity contribution in [2.24, 2.45) is 5.73 Å². The van der Waals surface area contributed by atoms with Gasteiger partial charge in [-0.05, 0) is 78.6 Å².